The first-order valence-corrected chi connectivity index (χ1v) is 14.4. The second-order valence-electron chi connectivity index (χ2n) is 8.47. The van der Waals surface area contributed by atoms with Crippen LogP contribution in [0.2, 0.25) is 18.1 Å². The van der Waals surface area contributed by atoms with Crippen LogP contribution in [-0.2, 0) is 25.2 Å². The highest BCUT2D eigenvalue weighted by molar-refractivity contribution is 6.73. The largest absolute Gasteiger partial charge is 0.465 e. The summed E-state index contributed by atoms with van der Waals surface area (Å²) >= 11 is 0. The van der Waals surface area contributed by atoms with Gasteiger partial charge in [0.05, 0.1) is 6.61 Å². The molecule has 0 N–H and O–H groups in total. The maximum atomic E-state index is 13.2. The molecule has 2 atom stereocenters. The fraction of sp³-hybridized carbons (Fsp3) is 0.481. The van der Waals surface area contributed by atoms with Crippen molar-refractivity contribution in [1.82, 2.24) is 0 Å². The van der Waals surface area contributed by atoms with Crippen LogP contribution in [0, 0.1) is 11.8 Å². The molecule has 0 bridgehead atoms. The van der Waals surface area contributed by atoms with Gasteiger partial charge in [-0.05, 0) is 47.7 Å². The Morgan fingerprint density at radius 1 is 0.844 bits per heavy atom. The standard InChI is InChI=1S/C27H38O4Si/c1-6-30-27(29)26(21(5)20-31-32(7-2,8-3)9-4)25(28)19-22-15-17-24(18-16-22)23-13-11-10-12-14-23/h10-18,21,26H,6-9,19-20H2,1-5H3/t21-,26?/m0/s1. The molecule has 0 radical (unpaired) electrons. The van der Waals surface area contributed by atoms with Gasteiger partial charge in [0.25, 0.3) is 0 Å². The number of hydrogen-bond donors (Lipinski definition) is 0. The van der Waals surface area contributed by atoms with Gasteiger partial charge in [0.1, 0.15) is 5.92 Å². The maximum Gasteiger partial charge on any atom is 0.316 e. The fourth-order valence-electron chi connectivity index (χ4n) is 4.13. The molecular weight excluding hydrogens is 416 g/mol. The van der Waals surface area contributed by atoms with Gasteiger partial charge in [-0.1, -0.05) is 82.3 Å². The molecule has 0 aromatic heterocycles. The summed E-state index contributed by atoms with van der Waals surface area (Å²) in [5.74, 6) is -1.57. The minimum absolute atomic E-state index is 0.108. The SMILES string of the molecule is CCOC(=O)C(C(=O)Cc1ccc(-c2ccccc2)cc1)[C@@H](C)CO[Si](CC)(CC)CC. The third-order valence-electron chi connectivity index (χ3n) is 6.48. The van der Waals surface area contributed by atoms with E-state index in [2.05, 4.69) is 32.9 Å². The molecule has 2 aromatic carbocycles. The van der Waals surface area contributed by atoms with E-state index in [1.165, 1.54) is 0 Å². The van der Waals surface area contributed by atoms with Crippen LogP contribution in [0.4, 0.5) is 0 Å². The van der Waals surface area contributed by atoms with Crippen molar-refractivity contribution in [1.29, 1.82) is 0 Å². The Labute approximate surface area is 194 Å². The van der Waals surface area contributed by atoms with E-state index in [9.17, 15) is 9.59 Å². The number of rotatable bonds is 13. The van der Waals surface area contributed by atoms with E-state index in [0.717, 1.165) is 34.8 Å². The molecule has 32 heavy (non-hydrogen) atoms. The highest BCUT2D eigenvalue weighted by Gasteiger charge is 2.36. The van der Waals surface area contributed by atoms with Crippen molar-refractivity contribution in [3.63, 3.8) is 0 Å². The lowest BCUT2D eigenvalue weighted by Gasteiger charge is -2.31. The molecule has 174 valence electrons. The summed E-state index contributed by atoms with van der Waals surface area (Å²) in [5.41, 5.74) is 3.14. The molecule has 2 aromatic rings. The van der Waals surface area contributed by atoms with Crippen LogP contribution in [0.15, 0.2) is 54.6 Å². The van der Waals surface area contributed by atoms with E-state index >= 15 is 0 Å². The van der Waals surface area contributed by atoms with Crippen LogP contribution in [0.3, 0.4) is 0 Å². The first-order chi connectivity index (χ1) is 15.4. The molecule has 2 rings (SSSR count). The number of carbonyl (C=O) groups is 2. The van der Waals surface area contributed by atoms with Crippen LogP contribution >= 0.6 is 0 Å². The summed E-state index contributed by atoms with van der Waals surface area (Å²) in [7, 11) is -1.79. The Morgan fingerprint density at radius 3 is 1.94 bits per heavy atom. The molecule has 0 amide bonds. The molecule has 1 unspecified atom stereocenters. The Hall–Kier alpha value is -2.24. The molecule has 0 spiro atoms. The number of carbonyl (C=O) groups excluding carboxylic acids is 2. The molecule has 0 fully saturated rings. The van der Waals surface area contributed by atoms with Crippen molar-refractivity contribution >= 4 is 20.1 Å². The molecule has 5 heteroatoms. The first kappa shape index (κ1) is 26.0. The van der Waals surface area contributed by atoms with Crippen molar-refractivity contribution in [2.24, 2.45) is 11.8 Å². The summed E-state index contributed by atoms with van der Waals surface area (Å²) in [6.07, 6.45) is 0.209. The monoisotopic (exact) mass is 454 g/mol. The van der Waals surface area contributed by atoms with E-state index in [0.29, 0.717) is 6.61 Å². The third-order valence-corrected chi connectivity index (χ3v) is 11.1. The Morgan fingerprint density at radius 2 is 1.41 bits per heavy atom. The third kappa shape index (κ3) is 6.88. The van der Waals surface area contributed by atoms with Gasteiger partial charge in [0, 0.05) is 13.0 Å². The van der Waals surface area contributed by atoms with Gasteiger partial charge < -0.3 is 9.16 Å². The van der Waals surface area contributed by atoms with Gasteiger partial charge in [0.15, 0.2) is 14.1 Å². The van der Waals surface area contributed by atoms with Crippen molar-refractivity contribution in [2.45, 2.75) is 59.2 Å². The van der Waals surface area contributed by atoms with Crippen molar-refractivity contribution < 1.29 is 18.8 Å². The number of benzene rings is 2. The Kier molecular flexibility index (Phi) is 10.3. The van der Waals surface area contributed by atoms with E-state index in [-0.39, 0.29) is 24.7 Å². The molecule has 0 heterocycles. The van der Waals surface area contributed by atoms with Crippen molar-refractivity contribution in [3.05, 3.63) is 60.2 Å². The average molecular weight is 455 g/mol. The second-order valence-corrected chi connectivity index (χ2v) is 13.2. The lowest BCUT2D eigenvalue weighted by atomic mass is 9.87. The predicted octanol–water partition coefficient (Wildman–Crippen LogP) is 6.30. The minimum Gasteiger partial charge on any atom is -0.465 e. The zero-order chi connectivity index (χ0) is 23.6. The lowest BCUT2D eigenvalue weighted by molar-refractivity contribution is -0.154. The Bertz CT molecular complexity index is 835. The average Bonchev–Trinajstić information content (AvgIpc) is 2.82. The lowest BCUT2D eigenvalue weighted by Crippen LogP contribution is -2.41. The zero-order valence-electron chi connectivity index (χ0n) is 20.2. The highest BCUT2D eigenvalue weighted by atomic mass is 28.4. The van der Waals surface area contributed by atoms with Crippen LogP contribution < -0.4 is 0 Å². The maximum absolute atomic E-state index is 13.2. The smallest absolute Gasteiger partial charge is 0.316 e. The summed E-state index contributed by atoms with van der Waals surface area (Å²) < 4.78 is 11.7. The van der Waals surface area contributed by atoms with E-state index in [4.69, 9.17) is 9.16 Å². The van der Waals surface area contributed by atoms with Gasteiger partial charge >= 0.3 is 5.97 Å². The number of hydrogen-bond acceptors (Lipinski definition) is 4. The van der Waals surface area contributed by atoms with E-state index in [1.54, 1.807) is 6.92 Å². The highest BCUT2D eigenvalue weighted by Crippen LogP contribution is 2.26. The zero-order valence-corrected chi connectivity index (χ0v) is 21.2. The summed E-state index contributed by atoms with van der Waals surface area (Å²) in [4.78, 5) is 25.9. The van der Waals surface area contributed by atoms with Crippen LogP contribution in [0.5, 0.6) is 0 Å². The van der Waals surface area contributed by atoms with Crippen molar-refractivity contribution in [3.8, 4) is 11.1 Å². The van der Waals surface area contributed by atoms with Gasteiger partial charge in [-0.2, -0.15) is 0 Å². The number of ether oxygens (including phenoxy) is 1. The molecule has 0 saturated carbocycles. The van der Waals surface area contributed by atoms with Crippen molar-refractivity contribution in [2.75, 3.05) is 13.2 Å². The quantitative estimate of drug-likeness (QED) is 0.202. The topological polar surface area (TPSA) is 52.6 Å². The number of ketones is 1. The summed E-state index contributed by atoms with van der Waals surface area (Å²) in [6, 6.07) is 21.2. The molecule has 0 aliphatic heterocycles. The van der Waals surface area contributed by atoms with Crippen LogP contribution in [-0.4, -0.2) is 33.3 Å². The normalized spacial score (nSPS) is 13.4. The van der Waals surface area contributed by atoms with Gasteiger partial charge in [0.2, 0.25) is 0 Å². The summed E-state index contributed by atoms with van der Waals surface area (Å²) in [6.45, 7) is 10.9. The minimum atomic E-state index is -1.79. The van der Waals surface area contributed by atoms with Crippen LogP contribution in [0.25, 0.3) is 11.1 Å². The van der Waals surface area contributed by atoms with Crippen LogP contribution in [0.1, 0.15) is 40.2 Å². The Balaban J connectivity index is 2.12. The summed E-state index contributed by atoms with van der Waals surface area (Å²) in [5, 5.41) is 0. The van der Waals surface area contributed by atoms with Gasteiger partial charge in [-0.15, -0.1) is 0 Å². The number of esters is 1. The van der Waals surface area contributed by atoms with Gasteiger partial charge in [-0.3, -0.25) is 9.59 Å². The number of Topliss-reactive ketones (excluding diaryl/α,β-unsaturated/α-hetero) is 1. The predicted molar refractivity (Wildman–Crippen MR) is 133 cm³/mol. The molecule has 0 aliphatic rings. The molecule has 4 nitrogen and oxygen atoms in total. The second kappa shape index (κ2) is 12.7. The molecule has 0 saturated heterocycles. The fourth-order valence-corrected chi connectivity index (χ4v) is 6.86. The van der Waals surface area contributed by atoms with E-state index < -0.39 is 20.2 Å². The van der Waals surface area contributed by atoms with Gasteiger partial charge in [-0.25, -0.2) is 0 Å². The first-order valence-electron chi connectivity index (χ1n) is 11.9. The molecular formula is C27H38O4Si. The molecule has 0 aliphatic carbocycles. The van der Waals surface area contributed by atoms with E-state index in [1.807, 2.05) is 49.4 Å².